The van der Waals surface area contributed by atoms with Gasteiger partial charge in [0.25, 0.3) is 0 Å². The lowest BCUT2D eigenvalue weighted by atomic mass is 9.84. The molecule has 0 bridgehead atoms. The number of hydrogen-bond acceptors (Lipinski definition) is 8. The van der Waals surface area contributed by atoms with Gasteiger partial charge in [-0.05, 0) is 62.1 Å². The number of thioether (sulfide) groups is 1. The summed E-state index contributed by atoms with van der Waals surface area (Å²) in [5.74, 6) is -1.41. The smallest absolute Gasteiger partial charge is 0.336 e. The van der Waals surface area contributed by atoms with Gasteiger partial charge in [0, 0.05) is 40.7 Å². The van der Waals surface area contributed by atoms with Gasteiger partial charge in [-0.15, -0.1) is 23.1 Å². The van der Waals surface area contributed by atoms with E-state index in [1.165, 1.54) is 28.0 Å². The second kappa shape index (κ2) is 14.4. The lowest BCUT2D eigenvalue weighted by molar-refractivity contribution is -0.156. The highest BCUT2D eigenvalue weighted by molar-refractivity contribution is 8.01. The van der Waals surface area contributed by atoms with Gasteiger partial charge in [0.05, 0.1) is 10.3 Å². The van der Waals surface area contributed by atoms with Crippen LogP contribution in [-0.4, -0.2) is 51.5 Å². The number of nitrogens with one attached hydrogen (secondary N) is 2. The van der Waals surface area contributed by atoms with Gasteiger partial charge < -0.3 is 20.5 Å². The van der Waals surface area contributed by atoms with E-state index in [1.807, 2.05) is 56.1 Å². The third kappa shape index (κ3) is 7.33. The van der Waals surface area contributed by atoms with E-state index < -0.39 is 22.4 Å². The number of carbonyl (C=O) groups excluding carboxylic acids is 1. The number of rotatable bonds is 11. The molecule has 5 aromatic rings. The van der Waals surface area contributed by atoms with Crippen LogP contribution in [0.15, 0.2) is 121 Å². The Labute approximate surface area is 289 Å². The summed E-state index contributed by atoms with van der Waals surface area (Å²) in [5, 5.41) is 19.5. The van der Waals surface area contributed by atoms with Crippen LogP contribution in [-0.2, 0) is 14.3 Å². The molecule has 3 N–H and O–H groups in total. The van der Waals surface area contributed by atoms with Crippen molar-refractivity contribution < 1.29 is 19.4 Å². The summed E-state index contributed by atoms with van der Waals surface area (Å²) in [6.07, 6.45) is 2.35. The summed E-state index contributed by atoms with van der Waals surface area (Å²) in [6.45, 7) is 6.27. The van der Waals surface area contributed by atoms with Crippen molar-refractivity contribution in [2.45, 2.75) is 54.9 Å². The Morgan fingerprint density at radius 2 is 1.50 bits per heavy atom. The predicted molar refractivity (Wildman–Crippen MR) is 195 cm³/mol. The summed E-state index contributed by atoms with van der Waals surface area (Å²) in [4.78, 5) is 30.3. The number of carbonyl (C=O) groups is 2. The minimum Gasteiger partial charge on any atom is -0.478 e. The third-order valence-corrected chi connectivity index (χ3v) is 10.9. The van der Waals surface area contributed by atoms with Crippen LogP contribution in [0.3, 0.4) is 0 Å². The number of esters is 1. The largest absolute Gasteiger partial charge is 0.478 e. The van der Waals surface area contributed by atoms with Crippen molar-refractivity contribution in [3.8, 4) is 10.6 Å². The Morgan fingerprint density at radius 3 is 2.00 bits per heavy atom. The van der Waals surface area contributed by atoms with Gasteiger partial charge in [0.15, 0.2) is 0 Å². The molecule has 1 unspecified atom stereocenters. The first-order valence-electron chi connectivity index (χ1n) is 16.0. The lowest BCUT2D eigenvalue weighted by Gasteiger charge is -2.37. The molecule has 48 heavy (non-hydrogen) atoms. The zero-order valence-corrected chi connectivity index (χ0v) is 28.8. The van der Waals surface area contributed by atoms with E-state index in [0.29, 0.717) is 29.2 Å². The molecule has 0 aliphatic carbocycles. The summed E-state index contributed by atoms with van der Waals surface area (Å²) in [6, 6.07) is 35.9. The average molecular weight is 678 g/mol. The second-order valence-corrected chi connectivity index (χ2v) is 15.2. The van der Waals surface area contributed by atoms with Crippen LogP contribution in [0, 0.1) is 0 Å². The van der Waals surface area contributed by atoms with E-state index in [4.69, 9.17) is 4.74 Å². The molecule has 1 saturated heterocycles. The van der Waals surface area contributed by atoms with Crippen molar-refractivity contribution in [2.75, 3.05) is 11.9 Å². The molecule has 0 amide bonds. The number of carboxylic acids is 1. The first-order valence-corrected chi connectivity index (χ1v) is 17.7. The van der Waals surface area contributed by atoms with Gasteiger partial charge in [-0.3, -0.25) is 0 Å². The van der Waals surface area contributed by atoms with E-state index >= 15 is 0 Å². The molecule has 1 fully saturated rings. The van der Waals surface area contributed by atoms with Crippen LogP contribution in [0.25, 0.3) is 10.6 Å². The summed E-state index contributed by atoms with van der Waals surface area (Å²) in [5.41, 5.74) is 4.14. The number of aromatic carboxylic acids is 1. The topological polar surface area (TPSA) is 101 Å². The molecular weight excluding hydrogens is 639 g/mol. The van der Waals surface area contributed by atoms with Gasteiger partial charge in [-0.2, -0.15) is 0 Å². The van der Waals surface area contributed by atoms with Gasteiger partial charge in [0.2, 0.25) is 0 Å². The monoisotopic (exact) mass is 677 g/mol. The quantitative estimate of drug-likeness (QED) is 0.0953. The number of anilines is 1. The van der Waals surface area contributed by atoms with Crippen LogP contribution in [0.4, 0.5) is 5.69 Å². The normalized spacial score (nSPS) is 17.1. The zero-order valence-electron chi connectivity index (χ0n) is 27.1. The highest BCUT2D eigenvalue weighted by Crippen LogP contribution is 2.51. The van der Waals surface area contributed by atoms with Crippen LogP contribution < -0.4 is 10.6 Å². The van der Waals surface area contributed by atoms with Crippen molar-refractivity contribution in [3.63, 3.8) is 0 Å². The third-order valence-electron chi connectivity index (χ3n) is 8.31. The van der Waals surface area contributed by atoms with Crippen LogP contribution in [0.5, 0.6) is 0 Å². The number of carboxylic acid groups (broad SMARTS) is 1. The maximum absolute atomic E-state index is 13.9. The Bertz CT molecular complexity index is 1730. The summed E-state index contributed by atoms with van der Waals surface area (Å²) < 4.78 is 5.45. The fourth-order valence-corrected chi connectivity index (χ4v) is 8.74. The van der Waals surface area contributed by atoms with Crippen LogP contribution >= 0.6 is 23.1 Å². The first-order chi connectivity index (χ1) is 23.1. The minimum atomic E-state index is -1.04. The predicted octanol–water partition coefficient (Wildman–Crippen LogP) is 8.09. The van der Waals surface area contributed by atoms with E-state index in [0.717, 1.165) is 0 Å². The van der Waals surface area contributed by atoms with Crippen molar-refractivity contribution in [1.29, 1.82) is 0 Å². The highest BCUT2D eigenvalue weighted by Gasteiger charge is 2.44. The Balaban J connectivity index is 1.34. The van der Waals surface area contributed by atoms with E-state index in [-0.39, 0.29) is 22.8 Å². The van der Waals surface area contributed by atoms with Gasteiger partial charge >= 0.3 is 11.9 Å². The SMILES string of the molecule is CC(C)(C)OC(=O)C(Nc1ccc(C(=O)O)c(-c2nccs2)c1)[C@@H]1C[C@H](SC(c2ccccc2)(c2ccccc2)c2ccccc2)CN1. The molecule has 0 radical (unpaired) electrons. The lowest BCUT2D eigenvalue weighted by Crippen LogP contribution is -2.48. The molecule has 2 heterocycles. The molecule has 3 atom stereocenters. The van der Waals surface area contributed by atoms with Crippen molar-refractivity contribution >= 4 is 40.7 Å². The minimum absolute atomic E-state index is 0.141. The molecule has 4 aromatic carbocycles. The summed E-state index contributed by atoms with van der Waals surface area (Å²) >= 11 is 3.27. The Hall–Kier alpha value is -4.44. The maximum atomic E-state index is 13.9. The number of benzene rings is 4. The van der Waals surface area contributed by atoms with E-state index in [2.05, 4.69) is 88.4 Å². The molecule has 246 valence electrons. The molecule has 0 saturated carbocycles. The highest BCUT2D eigenvalue weighted by atomic mass is 32.2. The first kappa shape index (κ1) is 33.5. The molecular formula is C39H39N3O4S2. The number of ether oxygens (including phenoxy) is 1. The molecule has 6 rings (SSSR count). The molecule has 7 nitrogen and oxygen atoms in total. The fraction of sp³-hybridized carbons (Fsp3) is 0.256. The second-order valence-electron chi connectivity index (χ2n) is 12.8. The van der Waals surface area contributed by atoms with Gasteiger partial charge in [0.1, 0.15) is 16.7 Å². The van der Waals surface area contributed by atoms with Crippen molar-refractivity contribution in [1.82, 2.24) is 10.3 Å². The molecule has 1 aliphatic rings. The molecule has 1 aromatic heterocycles. The number of nitrogens with zero attached hydrogens (tertiary/aromatic N) is 1. The molecule has 0 spiro atoms. The fourth-order valence-electron chi connectivity index (χ4n) is 6.27. The molecule has 1 aliphatic heterocycles. The van der Waals surface area contributed by atoms with E-state index in [1.54, 1.807) is 24.4 Å². The Kier molecular flexibility index (Phi) is 10.0. The molecule has 9 heteroatoms. The number of hydrogen-bond donors (Lipinski definition) is 3. The number of thiazole rings is 1. The Morgan fingerprint density at radius 1 is 0.917 bits per heavy atom. The maximum Gasteiger partial charge on any atom is 0.336 e. The van der Waals surface area contributed by atoms with Crippen molar-refractivity contribution in [2.24, 2.45) is 0 Å². The van der Waals surface area contributed by atoms with Crippen LogP contribution in [0.1, 0.15) is 54.2 Å². The average Bonchev–Trinajstić information content (AvgIpc) is 3.79. The van der Waals surface area contributed by atoms with Crippen LogP contribution in [0.2, 0.25) is 0 Å². The van der Waals surface area contributed by atoms with Crippen molar-refractivity contribution in [3.05, 3.63) is 143 Å². The van der Waals surface area contributed by atoms with E-state index in [9.17, 15) is 14.7 Å². The standard InChI is InChI=1S/C39H39N3O4S2/c1-38(2,3)46-37(45)34(42-29-19-20-31(36(43)44)32(23-29)35-40-21-22-47-35)33-24-30(25-41-33)48-39(26-13-7-4-8-14-26,27-15-9-5-10-16-27)28-17-11-6-12-18-28/h4-23,30,33-34,41-42H,24-25H2,1-3H3,(H,43,44)/t30-,33-,34?/m0/s1. The van der Waals surface area contributed by atoms with Gasteiger partial charge in [-0.25, -0.2) is 14.6 Å². The van der Waals surface area contributed by atoms with Gasteiger partial charge in [-0.1, -0.05) is 91.0 Å². The summed E-state index contributed by atoms with van der Waals surface area (Å²) in [7, 11) is 0. The zero-order chi connectivity index (χ0) is 33.7. The number of aromatic nitrogens is 1.